The molecule has 1 rings (SSSR count). The number of rotatable bonds is 6. The maximum atomic E-state index is 11.2. The van der Waals surface area contributed by atoms with Crippen molar-refractivity contribution in [3.8, 4) is 0 Å². The van der Waals surface area contributed by atoms with Crippen molar-refractivity contribution in [1.82, 2.24) is 0 Å². The molecule has 9 heteroatoms. The highest BCUT2D eigenvalue weighted by atomic mass is 32.2. The number of nitro groups is 1. The van der Waals surface area contributed by atoms with Crippen molar-refractivity contribution in [3.63, 3.8) is 0 Å². The maximum absolute atomic E-state index is 11.2. The Kier molecular flexibility index (Phi) is 4.79. The van der Waals surface area contributed by atoms with Gasteiger partial charge in [0.05, 0.1) is 16.7 Å². The summed E-state index contributed by atoms with van der Waals surface area (Å²) in [5.74, 6) is -1.47. The summed E-state index contributed by atoms with van der Waals surface area (Å²) >= 11 is 0. The minimum absolute atomic E-state index is 0.0807. The van der Waals surface area contributed by atoms with Crippen molar-refractivity contribution in [2.45, 2.75) is 19.4 Å². The Morgan fingerprint density at radius 3 is 2.50 bits per heavy atom. The fourth-order valence-corrected chi connectivity index (χ4v) is 2.41. The molecule has 0 fully saturated rings. The average molecular weight is 303 g/mol. The molecule has 1 atom stereocenters. The third-order valence-electron chi connectivity index (χ3n) is 2.49. The Morgan fingerprint density at radius 2 is 2.10 bits per heavy atom. The second kappa shape index (κ2) is 5.97. The number of benzene rings is 1. The molecule has 20 heavy (non-hydrogen) atoms. The molecule has 0 bridgehead atoms. The van der Waals surface area contributed by atoms with Crippen LogP contribution in [-0.4, -0.2) is 30.7 Å². The first-order chi connectivity index (χ1) is 9.17. The van der Waals surface area contributed by atoms with E-state index in [9.17, 15) is 23.3 Å². The molecule has 0 saturated carbocycles. The van der Waals surface area contributed by atoms with Gasteiger partial charge in [-0.2, -0.15) is 8.42 Å². The standard InChI is InChI=1S/C11H13NO7S/c1-3-9(19-20(2,17)18)7-5-4-6-8(11(13)14)10(7)12(15)16/h4-6,9H,3H2,1-2H3,(H,13,14)/t9-/m0/s1. The lowest BCUT2D eigenvalue weighted by atomic mass is 10.0. The number of carboxylic acids is 1. The summed E-state index contributed by atoms with van der Waals surface area (Å²) < 4.78 is 27.1. The van der Waals surface area contributed by atoms with Gasteiger partial charge in [-0.25, -0.2) is 4.79 Å². The highest BCUT2D eigenvalue weighted by Gasteiger charge is 2.30. The highest BCUT2D eigenvalue weighted by Crippen LogP contribution is 2.33. The van der Waals surface area contributed by atoms with Gasteiger partial charge in [-0.05, 0) is 18.6 Å². The Bertz CT molecular complexity index is 638. The molecule has 1 aromatic rings. The Balaban J connectivity index is 3.46. The van der Waals surface area contributed by atoms with Crippen LogP contribution in [0.2, 0.25) is 0 Å². The largest absolute Gasteiger partial charge is 0.477 e. The van der Waals surface area contributed by atoms with Crippen molar-refractivity contribution in [3.05, 3.63) is 39.4 Å². The average Bonchev–Trinajstić information content (AvgIpc) is 2.33. The topological polar surface area (TPSA) is 124 Å². The molecule has 0 saturated heterocycles. The zero-order valence-electron chi connectivity index (χ0n) is 10.8. The van der Waals surface area contributed by atoms with Gasteiger partial charge >= 0.3 is 5.97 Å². The predicted molar refractivity (Wildman–Crippen MR) is 69.0 cm³/mol. The van der Waals surface area contributed by atoms with Crippen LogP contribution in [0.3, 0.4) is 0 Å². The second-order valence-electron chi connectivity index (χ2n) is 4.00. The fourth-order valence-electron chi connectivity index (χ4n) is 1.75. The summed E-state index contributed by atoms with van der Waals surface area (Å²) in [5.41, 5.74) is -1.25. The molecule has 1 aromatic carbocycles. The minimum Gasteiger partial charge on any atom is -0.477 e. The maximum Gasteiger partial charge on any atom is 0.342 e. The van der Waals surface area contributed by atoms with Gasteiger partial charge in [-0.15, -0.1) is 0 Å². The van der Waals surface area contributed by atoms with Crippen LogP contribution in [0.1, 0.15) is 35.4 Å². The third kappa shape index (κ3) is 3.75. The van der Waals surface area contributed by atoms with Gasteiger partial charge in [0.1, 0.15) is 11.7 Å². The smallest absolute Gasteiger partial charge is 0.342 e. The third-order valence-corrected chi connectivity index (χ3v) is 3.07. The summed E-state index contributed by atoms with van der Waals surface area (Å²) in [6.07, 6.45) is -0.149. The van der Waals surface area contributed by atoms with Crippen molar-refractivity contribution in [2.24, 2.45) is 0 Å². The van der Waals surface area contributed by atoms with Gasteiger partial charge in [-0.1, -0.05) is 13.0 Å². The highest BCUT2D eigenvalue weighted by molar-refractivity contribution is 7.86. The molecule has 0 aliphatic carbocycles. The number of hydrogen-bond acceptors (Lipinski definition) is 6. The van der Waals surface area contributed by atoms with Gasteiger partial charge in [0.2, 0.25) is 0 Å². The van der Waals surface area contributed by atoms with Gasteiger partial charge < -0.3 is 5.11 Å². The first-order valence-electron chi connectivity index (χ1n) is 5.56. The fraction of sp³-hybridized carbons (Fsp3) is 0.364. The van der Waals surface area contributed by atoms with Crippen LogP contribution in [0.5, 0.6) is 0 Å². The Morgan fingerprint density at radius 1 is 1.50 bits per heavy atom. The molecule has 0 aromatic heterocycles. The lowest BCUT2D eigenvalue weighted by Crippen LogP contribution is -2.13. The van der Waals surface area contributed by atoms with Crippen molar-refractivity contribution in [2.75, 3.05) is 6.26 Å². The van der Waals surface area contributed by atoms with E-state index in [1.807, 2.05) is 0 Å². The van der Waals surface area contributed by atoms with Crippen LogP contribution in [0.15, 0.2) is 18.2 Å². The summed E-state index contributed by atoms with van der Waals surface area (Å²) in [6, 6.07) is 3.67. The van der Waals surface area contributed by atoms with Crippen molar-refractivity contribution < 1.29 is 27.4 Å². The van der Waals surface area contributed by atoms with Gasteiger partial charge in [0, 0.05) is 0 Å². The molecule has 0 spiro atoms. The van der Waals surface area contributed by atoms with Crippen LogP contribution in [-0.2, 0) is 14.3 Å². The summed E-state index contributed by atoms with van der Waals surface area (Å²) in [7, 11) is -3.83. The number of nitro benzene ring substituents is 1. The second-order valence-corrected chi connectivity index (χ2v) is 5.60. The lowest BCUT2D eigenvalue weighted by molar-refractivity contribution is -0.386. The number of para-hydroxylation sites is 1. The number of aromatic carboxylic acids is 1. The monoisotopic (exact) mass is 303 g/mol. The molecule has 8 nitrogen and oxygen atoms in total. The van der Waals surface area contributed by atoms with Crippen molar-refractivity contribution >= 4 is 21.8 Å². The Hall–Kier alpha value is -2.00. The molecule has 0 unspecified atom stereocenters. The van der Waals surface area contributed by atoms with E-state index in [-0.39, 0.29) is 12.0 Å². The normalized spacial score (nSPS) is 12.9. The van der Waals surface area contributed by atoms with Crippen molar-refractivity contribution in [1.29, 1.82) is 0 Å². The molecule has 0 radical (unpaired) electrons. The first kappa shape index (κ1) is 16.1. The molecule has 0 amide bonds. The quantitative estimate of drug-likeness (QED) is 0.482. The predicted octanol–water partition coefficient (Wildman–Crippen LogP) is 1.72. The number of carbonyl (C=O) groups is 1. The molecule has 1 N–H and O–H groups in total. The summed E-state index contributed by atoms with van der Waals surface area (Å²) in [5, 5.41) is 20.0. The van der Waals surface area contributed by atoms with Gasteiger partial charge in [0.25, 0.3) is 15.8 Å². The molecule has 110 valence electrons. The van der Waals surface area contributed by atoms with E-state index >= 15 is 0 Å². The van der Waals surface area contributed by atoms with E-state index in [1.54, 1.807) is 6.92 Å². The van der Waals surface area contributed by atoms with E-state index in [4.69, 9.17) is 9.29 Å². The number of nitrogens with zero attached hydrogens (tertiary/aromatic N) is 1. The number of hydrogen-bond donors (Lipinski definition) is 1. The zero-order chi connectivity index (χ0) is 15.5. The summed E-state index contributed by atoms with van der Waals surface area (Å²) in [6.45, 7) is 1.58. The number of carboxylic acid groups (broad SMARTS) is 1. The van der Waals surface area contributed by atoms with E-state index < -0.39 is 38.4 Å². The van der Waals surface area contributed by atoms with E-state index in [0.717, 1.165) is 12.3 Å². The van der Waals surface area contributed by atoms with E-state index in [2.05, 4.69) is 0 Å². The molecule has 0 heterocycles. The zero-order valence-corrected chi connectivity index (χ0v) is 11.6. The van der Waals surface area contributed by atoms with E-state index in [0.29, 0.717) is 0 Å². The summed E-state index contributed by atoms with van der Waals surface area (Å²) in [4.78, 5) is 21.2. The molecule has 0 aliphatic rings. The minimum atomic E-state index is -3.83. The van der Waals surface area contributed by atoms with Crippen LogP contribution in [0, 0.1) is 10.1 Å². The molecular formula is C11H13NO7S. The SMILES string of the molecule is CC[C@H](OS(C)(=O)=O)c1cccc(C(=O)O)c1[N+](=O)[O-]. The van der Waals surface area contributed by atoms with Gasteiger partial charge in [0.15, 0.2) is 0 Å². The van der Waals surface area contributed by atoms with Crippen LogP contribution >= 0.6 is 0 Å². The lowest BCUT2D eigenvalue weighted by Gasteiger charge is -2.15. The van der Waals surface area contributed by atoms with Crippen LogP contribution < -0.4 is 0 Å². The molecule has 0 aliphatic heterocycles. The van der Waals surface area contributed by atoms with E-state index in [1.165, 1.54) is 12.1 Å². The van der Waals surface area contributed by atoms with Gasteiger partial charge in [-0.3, -0.25) is 14.3 Å². The Labute approximate surface area is 115 Å². The molecular weight excluding hydrogens is 290 g/mol. The first-order valence-corrected chi connectivity index (χ1v) is 7.37. The van der Waals surface area contributed by atoms with Crippen LogP contribution in [0.4, 0.5) is 5.69 Å². The van der Waals surface area contributed by atoms with Crippen LogP contribution in [0.25, 0.3) is 0 Å².